The molecule has 1 amide bonds. The van der Waals surface area contributed by atoms with E-state index in [1.807, 2.05) is 50.5 Å². The lowest BCUT2D eigenvalue weighted by molar-refractivity contribution is 0.161. The molecule has 1 saturated carbocycles. The summed E-state index contributed by atoms with van der Waals surface area (Å²) in [5.41, 5.74) is 5.19. The Balaban J connectivity index is 1.60. The average Bonchev–Trinajstić information content (AvgIpc) is 3.57. The fourth-order valence-electron chi connectivity index (χ4n) is 4.03. The van der Waals surface area contributed by atoms with Gasteiger partial charge >= 0.3 is 6.09 Å². The van der Waals surface area contributed by atoms with Gasteiger partial charge in [0.05, 0.1) is 23.3 Å². The summed E-state index contributed by atoms with van der Waals surface area (Å²) in [5.74, 6) is 2.03. The third kappa shape index (κ3) is 3.51. The molecule has 0 atom stereocenters. The summed E-state index contributed by atoms with van der Waals surface area (Å²) < 4.78 is 7.35. The Morgan fingerprint density at radius 1 is 1.25 bits per heavy atom. The molecule has 0 spiro atoms. The highest BCUT2D eigenvalue weighted by molar-refractivity contribution is 6.01. The van der Waals surface area contributed by atoms with Crippen LogP contribution in [0.5, 0.6) is 0 Å². The number of aromatic nitrogens is 4. The summed E-state index contributed by atoms with van der Waals surface area (Å²) in [6.45, 7) is 4.14. The van der Waals surface area contributed by atoms with Crippen LogP contribution in [0.3, 0.4) is 0 Å². The number of hydrogen-bond acceptors (Lipinski definition) is 6. The van der Waals surface area contributed by atoms with E-state index >= 15 is 0 Å². The summed E-state index contributed by atoms with van der Waals surface area (Å²) in [6.07, 6.45) is 3.70. The molecule has 1 N–H and O–H groups in total. The van der Waals surface area contributed by atoms with Crippen LogP contribution in [0.25, 0.3) is 21.9 Å². The van der Waals surface area contributed by atoms with Crippen LogP contribution in [0, 0.1) is 6.92 Å². The Kier molecular flexibility index (Phi) is 4.92. The van der Waals surface area contributed by atoms with Gasteiger partial charge in [-0.3, -0.25) is 4.90 Å². The Morgan fingerprint density at radius 3 is 2.81 bits per heavy atom. The number of carbonyl (C=O) groups is 1. The first-order valence-corrected chi connectivity index (χ1v) is 10.9. The number of hydrogen-bond donors (Lipinski definition) is 1. The second-order valence-electron chi connectivity index (χ2n) is 8.26. The monoisotopic (exact) mass is 430 g/mol. The lowest BCUT2D eigenvalue weighted by Gasteiger charge is -2.18. The lowest BCUT2D eigenvalue weighted by atomic mass is 10.1. The number of carbonyl (C=O) groups excluding carboxylic acids is 1. The van der Waals surface area contributed by atoms with Crippen molar-refractivity contribution in [2.45, 2.75) is 32.6 Å². The van der Waals surface area contributed by atoms with E-state index in [0.29, 0.717) is 24.2 Å². The van der Waals surface area contributed by atoms with Gasteiger partial charge in [0.1, 0.15) is 11.3 Å². The minimum atomic E-state index is -0.415. The average molecular weight is 431 g/mol. The standard InChI is InChI=1S/C24H26N6O2/c1-5-32-24(31)30(4)19-12-17(11-18-21(19)27-22(29(18)3)15-9-10-15)26-23-25-13-16-8-6-7-14(2)20(16)28-23/h6-8,11-13,15H,5,9-10H2,1-4H3,(H,25,26,28). The van der Waals surface area contributed by atoms with Crippen molar-refractivity contribution in [3.8, 4) is 0 Å². The highest BCUT2D eigenvalue weighted by Gasteiger charge is 2.30. The van der Waals surface area contributed by atoms with Crippen molar-refractivity contribution in [2.24, 2.45) is 7.05 Å². The Labute approximate surface area is 186 Å². The number of rotatable bonds is 5. The maximum Gasteiger partial charge on any atom is 0.414 e. The highest BCUT2D eigenvalue weighted by atomic mass is 16.6. The molecule has 8 nitrogen and oxygen atoms in total. The molecule has 8 heteroatoms. The van der Waals surface area contributed by atoms with Gasteiger partial charge in [-0.05, 0) is 44.4 Å². The summed E-state index contributed by atoms with van der Waals surface area (Å²) in [6, 6.07) is 9.96. The number of fused-ring (bicyclic) bond motifs is 2. The molecule has 2 aromatic carbocycles. The Hall–Kier alpha value is -3.68. The van der Waals surface area contributed by atoms with Gasteiger partial charge in [-0.25, -0.2) is 19.7 Å². The molecule has 1 fully saturated rings. The van der Waals surface area contributed by atoms with Crippen LogP contribution in [-0.4, -0.2) is 39.3 Å². The number of benzene rings is 2. The Morgan fingerprint density at radius 2 is 2.06 bits per heavy atom. The third-order valence-corrected chi connectivity index (χ3v) is 5.92. The fraction of sp³-hybridized carbons (Fsp3) is 0.333. The van der Waals surface area contributed by atoms with Crippen molar-refractivity contribution < 1.29 is 9.53 Å². The zero-order valence-corrected chi connectivity index (χ0v) is 18.7. The van der Waals surface area contributed by atoms with E-state index in [-0.39, 0.29) is 0 Å². The summed E-state index contributed by atoms with van der Waals surface area (Å²) >= 11 is 0. The van der Waals surface area contributed by atoms with E-state index in [1.165, 1.54) is 4.90 Å². The number of anilines is 3. The first-order valence-electron chi connectivity index (χ1n) is 10.9. The van der Waals surface area contributed by atoms with Crippen molar-refractivity contribution >= 4 is 45.4 Å². The maximum atomic E-state index is 12.5. The Bertz CT molecular complexity index is 1340. The van der Waals surface area contributed by atoms with E-state index in [1.54, 1.807) is 14.0 Å². The zero-order chi connectivity index (χ0) is 22.4. The van der Waals surface area contributed by atoms with Crippen molar-refractivity contribution in [1.82, 2.24) is 19.5 Å². The predicted molar refractivity (Wildman–Crippen MR) is 126 cm³/mol. The largest absolute Gasteiger partial charge is 0.449 e. The summed E-state index contributed by atoms with van der Waals surface area (Å²) in [7, 11) is 3.73. The summed E-state index contributed by atoms with van der Waals surface area (Å²) in [5, 5.41) is 4.32. The number of nitrogens with zero attached hydrogens (tertiary/aromatic N) is 5. The minimum absolute atomic E-state index is 0.310. The van der Waals surface area contributed by atoms with Gasteiger partial charge in [-0.1, -0.05) is 18.2 Å². The van der Waals surface area contributed by atoms with Crippen LogP contribution < -0.4 is 10.2 Å². The van der Waals surface area contributed by atoms with Crippen LogP contribution in [0.1, 0.15) is 37.1 Å². The van der Waals surface area contributed by atoms with E-state index in [2.05, 4.69) is 14.9 Å². The second kappa shape index (κ2) is 7.78. The zero-order valence-electron chi connectivity index (χ0n) is 18.7. The van der Waals surface area contributed by atoms with Crippen molar-refractivity contribution in [3.05, 3.63) is 47.9 Å². The molecule has 2 heterocycles. The minimum Gasteiger partial charge on any atom is -0.449 e. The van der Waals surface area contributed by atoms with Crippen LogP contribution in [0.2, 0.25) is 0 Å². The molecule has 0 saturated heterocycles. The fourth-order valence-corrected chi connectivity index (χ4v) is 4.03. The predicted octanol–water partition coefficient (Wildman–Crippen LogP) is 5.04. The topological polar surface area (TPSA) is 85.2 Å². The van der Waals surface area contributed by atoms with Gasteiger partial charge in [0.25, 0.3) is 0 Å². The normalized spacial score (nSPS) is 13.5. The molecule has 32 heavy (non-hydrogen) atoms. The van der Waals surface area contributed by atoms with Crippen LogP contribution in [-0.2, 0) is 11.8 Å². The smallest absolute Gasteiger partial charge is 0.414 e. The molecule has 164 valence electrons. The molecule has 1 aliphatic rings. The third-order valence-electron chi connectivity index (χ3n) is 5.92. The molecule has 2 aromatic heterocycles. The molecule has 0 unspecified atom stereocenters. The number of ether oxygens (including phenoxy) is 1. The van der Waals surface area contributed by atoms with E-state index in [4.69, 9.17) is 14.7 Å². The van der Waals surface area contributed by atoms with Crippen molar-refractivity contribution in [3.63, 3.8) is 0 Å². The lowest BCUT2D eigenvalue weighted by Crippen LogP contribution is -2.27. The molecule has 5 rings (SSSR count). The number of nitrogens with one attached hydrogen (secondary N) is 1. The van der Waals surface area contributed by atoms with Crippen LogP contribution in [0.15, 0.2) is 36.5 Å². The molecular formula is C24H26N6O2. The van der Waals surface area contributed by atoms with Gasteiger partial charge in [0, 0.05) is 37.3 Å². The van der Waals surface area contributed by atoms with Crippen LogP contribution in [0.4, 0.5) is 22.1 Å². The SMILES string of the molecule is CCOC(=O)N(C)c1cc(Nc2ncc3cccc(C)c3n2)cc2c1nc(C1CC1)n2C. The number of para-hydroxylation sites is 1. The molecule has 0 bridgehead atoms. The van der Waals surface area contributed by atoms with Gasteiger partial charge in [0.15, 0.2) is 0 Å². The number of imidazole rings is 1. The molecule has 0 radical (unpaired) electrons. The van der Waals surface area contributed by atoms with E-state index < -0.39 is 6.09 Å². The second-order valence-corrected chi connectivity index (χ2v) is 8.26. The van der Waals surface area contributed by atoms with Crippen molar-refractivity contribution in [2.75, 3.05) is 23.9 Å². The van der Waals surface area contributed by atoms with Gasteiger partial charge in [0.2, 0.25) is 5.95 Å². The first kappa shape index (κ1) is 20.2. The van der Waals surface area contributed by atoms with E-state index in [0.717, 1.165) is 51.9 Å². The van der Waals surface area contributed by atoms with E-state index in [9.17, 15) is 4.79 Å². The molecular weight excluding hydrogens is 404 g/mol. The number of aryl methyl sites for hydroxylation is 2. The quantitative estimate of drug-likeness (QED) is 0.477. The molecule has 1 aliphatic carbocycles. The maximum absolute atomic E-state index is 12.5. The number of amides is 1. The van der Waals surface area contributed by atoms with Gasteiger partial charge in [-0.15, -0.1) is 0 Å². The molecule has 0 aliphatic heterocycles. The molecule has 4 aromatic rings. The van der Waals surface area contributed by atoms with Crippen LogP contribution >= 0.6 is 0 Å². The van der Waals surface area contributed by atoms with Gasteiger partial charge < -0.3 is 14.6 Å². The van der Waals surface area contributed by atoms with Crippen molar-refractivity contribution in [1.29, 1.82) is 0 Å². The summed E-state index contributed by atoms with van der Waals surface area (Å²) in [4.78, 5) is 28.1. The highest BCUT2D eigenvalue weighted by Crippen LogP contribution is 2.42. The van der Waals surface area contributed by atoms with Gasteiger partial charge in [-0.2, -0.15) is 0 Å². The first-order chi connectivity index (χ1) is 15.5.